The van der Waals surface area contributed by atoms with Crippen LogP contribution in [-0.4, -0.2) is 0 Å². The predicted octanol–water partition coefficient (Wildman–Crippen LogP) is 4.61. The lowest BCUT2D eigenvalue weighted by Gasteiger charge is -1.93. The second kappa shape index (κ2) is 5.09. The van der Waals surface area contributed by atoms with Gasteiger partial charge in [0.2, 0.25) is 0 Å². The molecule has 0 saturated carbocycles. The molecule has 4 rings (SSSR count). The summed E-state index contributed by atoms with van der Waals surface area (Å²) < 4.78 is 5.12. The molecular formula is C17H16O. The van der Waals surface area contributed by atoms with E-state index in [0.717, 1.165) is 11.0 Å². The number of hydrogen-bond donors (Lipinski definition) is 0. The fourth-order valence-corrected chi connectivity index (χ4v) is 2.42. The molecule has 2 aromatic carbocycles. The van der Waals surface area contributed by atoms with Gasteiger partial charge in [-0.25, -0.2) is 0 Å². The number of furan rings is 1. The van der Waals surface area contributed by atoms with Gasteiger partial charge in [0.1, 0.15) is 5.58 Å². The second-order valence-corrected chi connectivity index (χ2v) is 4.58. The van der Waals surface area contributed by atoms with Crippen molar-refractivity contribution in [1.29, 1.82) is 0 Å². The van der Waals surface area contributed by atoms with Crippen LogP contribution < -0.4 is 0 Å². The topological polar surface area (TPSA) is 13.1 Å². The third kappa shape index (κ3) is 2.30. The van der Waals surface area contributed by atoms with Crippen LogP contribution in [0.5, 0.6) is 0 Å². The van der Waals surface area contributed by atoms with E-state index in [1.165, 1.54) is 19.3 Å². The highest BCUT2D eigenvalue weighted by Crippen LogP contribution is 2.20. The van der Waals surface area contributed by atoms with E-state index in [2.05, 4.69) is 24.3 Å². The Morgan fingerprint density at radius 3 is 2.11 bits per heavy atom. The van der Waals surface area contributed by atoms with E-state index in [0.29, 0.717) is 0 Å². The molecule has 0 fully saturated rings. The van der Waals surface area contributed by atoms with E-state index in [-0.39, 0.29) is 0 Å². The van der Waals surface area contributed by atoms with Crippen molar-refractivity contribution in [3.8, 4) is 0 Å². The zero-order valence-electron chi connectivity index (χ0n) is 10.3. The Morgan fingerprint density at radius 2 is 1.39 bits per heavy atom. The Bertz CT molecular complexity index is 583. The van der Waals surface area contributed by atoms with Gasteiger partial charge in [0.05, 0.1) is 6.26 Å². The first kappa shape index (κ1) is 11.1. The lowest BCUT2D eigenvalue weighted by Crippen LogP contribution is -1.77. The van der Waals surface area contributed by atoms with Gasteiger partial charge in [0.15, 0.2) is 0 Å². The average Bonchev–Trinajstić information content (AvgIpc) is 3.08. The maximum Gasteiger partial charge on any atom is 0.133 e. The highest BCUT2D eigenvalue weighted by Gasteiger charge is 2.07. The molecule has 0 bridgehead atoms. The molecule has 1 nitrogen and oxygen atoms in total. The van der Waals surface area contributed by atoms with Gasteiger partial charge in [-0.05, 0) is 42.5 Å². The minimum absolute atomic E-state index is 0.956. The summed E-state index contributed by atoms with van der Waals surface area (Å²) in [5, 5.41) is 1.16. The quantitative estimate of drug-likeness (QED) is 0.555. The molecule has 0 amide bonds. The molecule has 0 aliphatic heterocycles. The summed E-state index contributed by atoms with van der Waals surface area (Å²) in [5.74, 6) is 0. The fourth-order valence-electron chi connectivity index (χ4n) is 2.42. The van der Waals surface area contributed by atoms with Crippen LogP contribution in [0.15, 0.2) is 65.3 Å². The Hall–Kier alpha value is -2.02. The molecule has 0 radical (unpaired) electrons. The number of benzene rings is 2. The largest absolute Gasteiger partial charge is 0.464 e. The van der Waals surface area contributed by atoms with E-state index in [1.807, 2.05) is 30.3 Å². The highest BCUT2D eigenvalue weighted by atomic mass is 16.3. The summed E-state index contributed by atoms with van der Waals surface area (Å²) in [6.07, 6.45) is 5.66. The van der Waals surface area contributed by atoms with Crippen LogP contribution in [0.3, 0.4) is 0 Å². The molecule has 0 saturated heterocycles. The van der Waals surface area contributed by atoms with Gasteiger partial charge in [-0.15, -0.1) is 0 Å². The third-order valence-electron chi connectivity index (χ3n) is 3.37. The molecule has 1 aromatic heterocycles. The standard InChI is InChI=1S/C9H10.C8H6O/c1-2-5-9-7-3-6-8(9)4-1;1-2-4-8-7(3-1)5-6-9-8/h1-2,4-5H,3,6-7H2;1-6H. The predicted molar refractivity (Wildman–Crippen MR) is 74.7 cm³/mol. The minimum Gasteiger partial charge on any atom is -0.464 e. The van der Waals surface area contributed by atoms with Crippen LogP contribution in [0.25, 0.3) is 11.0 Å². The average molecular weight is 236 g/mol. The van der Waals surface area contributed by atoms with Crippen LogP contribution in [-0.2, 0) is 12.8 Å². The van der Waals surface area contributed by atoms with Gasteiger partial charge in [0, 0.05) is 5.39 Å². The van der Waals surface area contributed by atoms with Gasteiger partial charge in [-0.1, -0.05) is 42.5 Å². The van der Waals surface area contributed by atoms with Gasteiger partial charge in [-0.3, -0.25) is 0 Å². The lowest BCUT2D eigenvalue weighted by molar-refractivity contribution is 0.616. The smallest absolute Gasteiger partial charge is 0.133 e. The molecule has 1 heteroatoms. The normalized spacial score (nSPS) is 12.9. The monoisotopic (exact) mass is 236 g/mol. The van der Waals surface area contributed by atoms with E-state index in [1.54, 1.807) is 17.4 Å². The zero-order valence-corrected chi connectivity index (χ0v) is 10.3. The van der Waals surface area contributed by atoms with Crippen molar-refractivity contribution in [2.24, 2.45) is 0 Å². The number of rotatable bonds is 0. The number of para-hydroxylation sites is 1. The molecule has 90 valence electrons. The molecule has 18 heavy (non-hydrogen) atoms. The van der Waals surface area contributed by atoms with Crippen molar-refractivity contribution in [2.75, 3.05) is 0 Å². The van der Waals surface area contributed by atoms with Crippen molar-refractivity contribution in [2.45, 2.75) is 19.3 Å². The molecule has 0 spiro atoms. The summed E-state index contributed by atoms with van der Waals surface area (Å²) in [6.45, 7) is 0. The summed E-state index contributed by atoms with van der Waals surface area (Å²) in [5.41, 5.74) is 4.09. The van der Waals surface area contributed by atoms with Gasteiger partial charge in [0.25, 0.3) is 0 Å². The lowest BCUT2D eigenvalue weighted by atomic mass is 10.1. The van der Waals surface area contributed by atoms with E-state index < -0.39 is 0 Å². The van der Waals surface area contributed by atoms with Gasteiger partial charge in [-0.2, -0.15) is 0 Å². The van der Waals surface area contributed by atoms with Crippen molar-refractivity contribution in [1.82, 2.24) is 0 Å². The van der Waals surface area contributed by atoms with E-state index in [4.69, 9.17) is 4.42 Å². The molecule has 1 heterocycles. The Labute approximate surface area is 107 Å². The SMILES string of the molecule is c1ccc2c(c1)CCC2.c1ccc2occc2c1. The Balaban J connectivity index is 0.000000111. The second-order valence-electron chi connectivity index (χ2n) is 4.58. The van der Waals surface area contributed by atoms with Crippen LogP contribution in [0.4, 0.5) is 0 Å². The molecule has 0 atom stereocenters. The summed E-state index contributed by atoms with van der Waals surface area (Å²) in [7, 11) is 0. The first-order chi connectivity index (χ1) is 8.93. The first-order valence-electron chi connectivity index (χ1n) is 6.42. The number of hydrogen-bond acceptors (Lipinski definition) is 1. The van der Waals surface area contributed by atoms with Crippen LogP contribution in [0.2, 0.25) is 0 Å². The zero-order chi connectivity index (χ0) is 12.2. The molecule has 0 N–H and O–H groups in total. The van der Waals surface area contributed by atoms with Crippen molar-refractivity contribution in [3.05, 3.63) is 72.0 Å². The van der Waals surface area contributed by atoms with Gasteiger partial charge >= 0.3 is 0 Å². The molecule has 3 aromatic rings. The molecule has 1 aliphatic rings. The van der Waals surface area contributed by atoms with Crippen molar-refractivity contribution >= 4 is 11.0 Å². The number of fused-ring (bicyclic) bond motifs is 2. The van der Waals surface area contributed by atoms with Crippen LogP contribution in [0, 0.1) is 0 Å². The Kier molecular flexibility index (Phi) is 3.14. The molecular weight excluding hydrogens is 220 g/mol. The first-order valence-corrected chi connectivity index (χ1v) is 6.42. The summed E-state index contributed by atoms with van der Waals surface area (Å²) >= 11 is 0. The minimum atomic E-state index is 0.956. The highest BCUT2D eigenvalue weighted by molar-refractivity contribution is 5.76. The van der Waals surface area contributed by atoms with Crippen LogP contribution >= 0.6 is 0 Å². The van der Waals surface area contributed by atoms with E-state index in [9.17, 15) is 0 Å². The van der Waals surface area contributed by atoms with Crippen molar-refractivity contribution < 1.29 is 4.42 Å². The van der Waals surface area contributed by atoms with Crippen molar-refractivity contribution in [3.63, 3.8) is 0 Å². The molecule has 0 unspecified atom stereocenters. The summed E-state index contributed by atoms with van der Waals surface area (Å²) in [6, 6.07) is 18.6. The van der Waals surface area contributed by atoms with Gasteiger partial charge < -0.3 is 4.42 Å². The molecule has 1 aliphatic carbocycles. The number of aryl methyl sites for hydroxylation is 2. The fraction of sp³-hybridized carbons (Fsp3) is 0.176. The Morgan fingerprint density at radius 1 is 0.722 bits per heavy atom. The van der Waals surface area contributed by atoms with E-state index >= 15 is 0 Å². The maximum absolute atomic E-state index is 5.12. The summed E-state index contributed by atoms with van der Waals surface area (Å²) in [4.78, 5) is 0. The maximum atomic E-state index is 5.12. The third-order valence-corrected chi connectivity index (χ3v) is 3.37. The van der Waals surface area contributed by atoms with Crippen LogP contribution in [0.1, 0.15) is 17.5 Å².